The molecule has 0 bridgehead atoms. The fourth-order valence-corrected chi connectivity index (χ4v) is 4.36. The average molecular weight is 407 g/mol. The van der Waals surface area contributed by atoms with E-state index in [1.165, 1.54) is 17.5 Å². The van der Waals surface area contributed by atoms with Crippen molar-refractivity contribution >= 4 is 44.2 Å². The highest BCUT2D eigenvalue weighted by molar-refractivity contribution is 7.23. The highest BCUT2D eigenvalue weighted by atomic mass is 35.5. The Morgan fingerprint density at radius 2 is 2.15 bits per heavy atom. The Morgan fingerprint density at radius 3 is 2.85 bits per heavy atom. The number of carbonyl (C=O) groups excluding carboxylic acids is 1. The van der Waals surface area contributed by atoms with Crippen molar-refractivity contribution in [1.29, 1.82) is 0 Å². The number of hydrogen-bond donors (Lipinski definition) is 0. The number of rotatable bonds is 5. The fourth-order valence-electron chi connectivity index (χ4n) is 3.02. The van der Waals surface area contributed by atoms with Crippen molar-refractivity contribution in [3.8, 4) is 0 Å². The Kier molecular flexibility index (Phi) is 5.40. The highest BCUT2D eigenvalue weighted by Crippen LogP contribution is 2.36. The lowest BCUT2D eigenvalue weighted by molar-refractivity contribution is 0.0390. The molecule has 0 unspecified atom stereocenters. The van der Waals surface area contributed by atoms with Gasteiger partial charge in [0.15, 0.2) is 5.13 Å². The van der Waals surface area contributed by atoms with Crippen LogP contribution in [0.15, 0.2) is 28.9 Å². The van der Waals surface area contributed by atoms with Crippen LogP contribution < -0.4 is 4.90 Å². The normalized spacial score (nSPS) is 15.3. The third-order valence-electron chi connectivity index (χ3n) is 4.55. The Hall–Kier alpha value is -2.00. The number of nitrogens with zero attached hydrogens (tertiary/aromatic N) is 4. The van der Waals surface area contributed by atoms with Gasteiger partial charge in [-0.3, -0.25) is 14.6 Å². The molecule has 3 heterocycles. The van der Waals surface area contributed by atoms with Crippen LogP contribution in [0, 0.1) is 6.92 Å². The molecule has 0 atom stereocenters. The monoisotopic (exact) mass is 406 g/mol. The minimum atomic E-state index is -0.256. The van der Waals surface area contributed by atoms with E-state index in [9.17, 15) is 4.79 Å². The zero-order valence-corrected chi connectivity index (χ0v) is 16.4. The molecule has 27 heavy (non-hydrogen) atoms. The molecule has 0 N–H and O–H groups in total. The number of halogens is 1. The SMILES string of the molecule is Cc1ccc(Cl)c2sc(N(CCN3CCOCC3)C(=O)c3ccno3)nc12. The summed E-state index contributed by atoms with van der Waals surface area (Å²) in [5.74, 6) is -0.0624. The number of carbonyl (C=O) groups is 1. The summed E-state index contributed by atoms with van der Waals surface area (Å²) in [6, 6.07) is 5.36. The van der Waals surface area contributed by atoms with Gasteiger partial charge in [0.05, 0.1) is 34.6 Å². The zero-order valence-electron chi connectivity index (χ0n) is 14.9. The molecule has 1 aliphatic rings. The number of thiazole rings is 1. The highest BCUT2D eigenvalue weighted by Gasteiger charge is 2.25. The quantitative estimate of drug-likeness (QED) is 0.647. The van der Waals surface area contributed by atoms with Crippen molar-refractivity contribution < 1.29 is 14.1 Å². The molecule has 9 heteroatoms. The maximum atomic E-state index is 13.0. The molecule has 1 aliphatic heterocycles. The third kappa shape index (κ3) is 3.84. The van der Waals surface area contributed by atoms with Gasteiger partial charge in [0.2, 0.25) is 5.76 Å². The van der Waals surface area contributed by atoms with E-state index in [-0.39, 0.29) is 11.7 Å². The van der Waals surface area contributed by atoms with Gasteiger partial charge in [0.25, 0.3) is 5.91 Å². The topological polar surface area (TPSA) is 71.7 Å². The summed E-state index contributed by atoms with van der Waals surface area (Å²) in [6.45, 7) is 6.35. The molecule has 0 aliphatic carbocycles. The van der Waals surface area contributed by atoms with E-state index in [4.69, 9.17) is 25.8 Å². The minimum absolute atomic E-state index is 0.194. The van der Waals surface area contributed by atoms with Gasteiger partial charge in [-0.05, 0) is 18.6 Å². The largest absolute Gasteiger partial charge is 0.379 e. The number of fused-ring (bicyclic) bond motifs is 1. The van der Waals surface area contributed by atoms with Crippen molar-refractivity contribution in [3.63, 3.8) is 0 Å². The molecule has 1 saturated heterocycles. The number of morpholine rings is 1. The van der Waals surface area contributed by atoms with E-state index < -0.39 is 0 Å². The van der Waals surface area contributed by atoms with Crippen LogP contribution in [-0.4, -0.2) is 60.3 Å². The van der Waals surface area contributed by atoms with Crippen LogP contribution in [0.25, 0.3) is 10.2 Å². The van der Waals surface area contributed by atoms with Crippen LogP contribution >= 0.6 is 22.9 Å². The molecule has 0 spiro atoms. The lowest BCUT2D eigenvalue weighted by atomic mass is 10.2. The molecule has 1 amide bonds. The molecule has 142 valence electrons. The lowest BCUT2D eigenvalue weighted by Gasteiger charge is -2.28. The first-order valence-electron chi connectivity index (χ1n) is 8.72. The molecule has 0 saturated carbocycles. The summed E-state index contributed by atoms with van der Waals surface area (Å²) in [5.41, 5.74) is 1.85. The number of benzene rings is 1. The predicted octanol–water partition coefficient (Wildman–Crippen LogP) is 3.23. The third-order valence-corrected chi connectivity index (χ3v) is 6.09. The van der Waals surface area contributed by atoms with Gasteiger partial charge in [-0.25, -0.2) is 4.98 Å². The van der Waals surface area contributed by atoms with Crippen LogP contribution in [0.5, 0.6) is 0 Å². The van der Waals surface area contributed by atoms with Gasteiger partial charge in [0, 0.05) is 32.2 Å². The minimum Gasteiger partial charge on any atom is -0.379 e. The van der Waals surface area contributed by atoms with E-state index >= 15 is 0 Å². The molecule has 3 aromatic rings. The van der Waals surface area contributed by atoms with Gasteiger partial charge < -0.3 is 9.26 Å². The standard InChI is InChI=1S/C18H19ClN4O3S/c1-12-2-3-13(19)16-15(12)21-18(27-16)23(17(24)14-4-5-20-26-14)7-6-22-8-10-25-11-9-22/h2-5H,6-11H2,1H3. The van der Waals surface area contributed by atoms with Crippen LogP contribution in [0.2, 0.25) is 5.02 Å². The summed E-state index contributed by atoms with van der Waals surface area (Å²) in [6.07, 6.45) is 1.47. The lowest BCUT2D eigenvalue weighted by Crippen LogP contribution is -2.43. The first-order valence-corrected chi connectivity index (χ1v) is 9.91. The molecule has 7 nitrogen and oxygen atoms in total. The molecular weight excluding hydrogens is 388 g/mol. The second kappa shape index (κ2) is 7.93. The summed E-state index contributed by atoms with van der Waals surface area (Å²) in [7, 11) is 0. The van der Waals surface area contributed by atoms with E-state index in [1.807, 2.05) is 19.1 Å². The first kappa shape index (κ1) is 18.4. The van der Waals surface area contributed by atoms with Gasteiger partial charge in [-0.1, -0.05) is 34.2 Å². The van der Waals surface area contributed by atoms with Crippen molar-refractivity contribution in [2.75, 3.05) is 44.3 Å². The Bertz CT molecular complexity index is 899. The molecule has 1 aromatic carbocycles. The van der Waals surface area contributed by atoms with Crippen molar-refractivity contribution in [1.82, 2.24) is 15.0 Å². The van der Waals surface area contributed by atoms with Gasteiger partial charge in [0.1, 0.15) is 0 Å². The second-order valence-corrected chi connectivity index (χ2v) is 7.71. The Balaban J connectivity index is 1.65. The van der Waals surface area contributed by atoms with E-state index in [2.05, 4.69) is 10.1 Å². The number of hydrogen-bond acceptors (Lipinski definition) is 7. The van der Waals surface area contributed by atoms with E-state index in [0.717, 1.165) is 35.4 Å². The van der Waals surface area contributed by atoms with E-state index in [1.54, 1.807) is 11.0 Å². The van der Waals surface area contributed by atoms with Crippen LogP contribution in [0.1, 0.15) is 16.1 Å². The second-order valence-electron chi connectivity index (χ2n) is 6.33. The fraction of sp³-hybridized carbons (Fsp3) is 0.389. The van der Waals surface area contributed by atoms with Gasteiger partial charge in [-0.15, -0.1) is 0 Å². The van der Waals surface area contributed by atoms with E-state index in [0.29, 0.717) is 29.9 Å². The van der Waals surface area contributed by atoms with Crippen LogP contribution in [0.4, 0.5) is 5.13 Å². The smallest absolute Gasteiger partial charge is 0.298 e. The Labute approximate surface area is 165 Å². The number of ether oxygens (including phenoxy) is 1. The Morgan fingerprint density at radius 1 is 1.33 bits per heavy atom. The molecular formula is C18H19ClN4O3S. The number of aryl methyl sites for hydroxylation is 1. The zero-order chi connectivity index (χ0) is 18.8. The van der Waals surface area contributed by atoms with Gasteiger partial charge in [-0.2, -0.15) is 0 Å². The first-order chi connectivity index (χ1) is 13.1. The summed E-state index contributed by atoms with van der Waals surface area (Å²) < 4.78 is 11.4. The summed E-state index contributed by atoms with van der Waals surface area (Å²) in [5, 5.41) is 4.90. The number of amides is 1. The number of anilines is 1. The maximum absolute atomic E-state index is 13.0. The summed E-state index contributed by atoms with van der Waals surface area (Å²) in [4.78, 5) is 21.6. The molecule has 2 aromatic heterocycles. The summed E-state index contributed by atoms with van der Waals surface area (Å²) >= 11 is 7.76. The maximum Gasteiger partial charge on any atom is 0.298 e. The van der Waals surface area contributed by atoms with Gasteiger partial charge >= 0.3 is 0 Å². The van der Waals surface area contributed by atoms with Crippen LogP contribution in [0.3, 0.4) is 0 Å². The molecule has 0 radical (unpaired) electrons. The number of aromatic nitrogens is 2. The predicted molar refractivity (Wildman–Crippen MR) is 105 cm³/mol. The molecule has 1 fully saturated rings. The molecule has 4 rings (SSSR count). The average Bonchev–Trinajstić information content (AvgIpc) is 3.36. The van der Waals surface area contributed by atoms with Crippen molar-refractivity contribution in [3.05, 3.63) is 40.7 Å². The van der Waals surface area contributed by atoms with Crippen molar-refractivity contribution in [2.24, 2.45) is 0 Å². The van der Waals surface area contributed by atoms with Crippen LogP contribution in [-0.2, 0) is 4.74 Å². The van der Waals surface area contributed by atoms with Crippen molar-refractivity contribution in [2.45, 2.75) is 6.92 Å².